The van der Waals surface area contributed by atoms with Gasteiger partial charge in [-0.25, -0.2) is 0 Å². The maximum absolute atomic E-state index is 10.1. The molecule has 0 radical (unpaired) electrons. The molecule has 1 atom stereocenters. The van der Waals surface area contributed by atoms with E-state index in [1.165, 1.54) is 6.92 Å². The van der Waals surface area contributed by atoms with E-state index in [1.807, 2.05) is 0 Å². The van der Waals surface area contributed by atoms with Gasteiger partial charge >= 0.3 is 5.97 Å². The highest BCUT2D eigenvalue weighted by atomic mass is 35.5. The quantitative estimate of drug-likeness (QED) is 0.276. The predicted molar refractivity (Wildman–Crippen MR) is 43.1 cm³/mol. The van der Waals surface area contributed by atoms with Gasteiger partial charge in [0.25, 0.3) is 0 Å². The van der Waals surface area contributed by atoms with Crippen LogP contribution in [0.4, 0.5) is 0 Å². The molecule has 0 heterocycles. The largest absolute Gasteiger partial charge is 0.466 e. The summed E-state index contributed by atoms with van der Waals surface area (Å²) < 4.78 is 4.56. The van der Waals surface area contributed by atoms with Crippen LogP contribution in [-0.4, -0.2) is 18.5 Å². The molecule has 0 aromatic rings. The number of hydrogen-bond donors (Lipinski definition) is 0. The van der Waals surface area contributed by atoms with E-state index in [1.54, 1.807) is 0 Å². The van der Waals surface area contributed by atoms with Crippen LogP contribution in [0, 0.1) is 0 Å². The topological polar surface area (TPSA) is 26.3 Å². The number of rotatable bonds is 3. The second kappa shape index (κ2) is 8.19. The van der Waals surface area contributed by atoms with E-state index in [9.17, 15) is 4.79 Å². The van der Waals surface area contributed by atoms with E-state index >= 15 is 0 Å². The van der Waals surface area contributed by atoms with Crippen molar-refractivity contribution in [1.82, 2.24) is 0 Å². The second-order valence-corrected chi connectivity index (χ2v) is 1.76. The fourth-order valence-corrected chi connectivity index (χ4v) is 0.380. The Kier molecular flexibility index (Phi) is 10.9. The summed E-state index contributed by atoms with van der Waals surface area (Å²) in [6.07, 6.45) is 0.737. The van der Waals surface area contributed by atoms with E-state index in [2.05, 4.69) is 4.74 Å². The van der Waals surface area contributed by atoms with E-state index in [0.717, 1.165) is 6.42 Å². The number of alkyl halides is 1. The molecular formula is C5H12ClO2P. The minimum absolute atomic E-state index is 0. The lowest BCUT2D eigenvalue weighted by atomic mass is 10.5. The van der Waals surface area contributed by atoms with Crippen LogP contribution in [0.25, 0.3) is 0 Å². The maximum atomic E-state index is 10.1. The summed E-state index contributed by atoms with van der Waals surface area (Å²) in [5.41, 5.74) is 0. The summed E-state index contributed by atoms with van der Waals surface area (Å²) in [6.45, 7) is 1.83. The Morgan fingerprint density at radius 2 is 2.22 bits per heavy atom. The lowest BCUT2D eigenvalue weighted by molar-refractivity contribution is -0.140. The van der Waals surface area contributed by atoms with Gasteiger partial charge in [-0.3, -0.25) is 4.79 Å². The first-order valence-electron chi connectivity index (χ1n) is 2.46. The number of carbonyl (C=O) groups is 1. The lowest BCUT2D eigenvalue weighted by Crippen LogP contribution is -2.00. The van der Waals surface area contributed by atoms with Crippen molar-refractivity contribution in [2.24, 2.45) is 0 Å². The molecule has 0 spiro atoms. The van der Waals surface area contributed by atoms with Crippen molar-refractivity contribution >= 4 is 27.5 Å². The average Bonchev–Trinajstić information content (AvgIpc) is 1.66. The number of hydrogen-bond acceptors (Lipinski definition) is 2. The van der Waals surface area contributed by atoms with Crippen molar-refractivity contribution in [3.63, 3.8) is 0 Å². The summed E-state index contributed by atoms with van der Waals surface area (Å²) in [4.78, 5) is 10.1. The molecule has 0 aliphatic carbocycles. The van der Waals surface area contributed by atoms with Crippen molar-refractivity contribution in [2.75, 3.05) is 12.5 Å². The molecule has 2 nitrogen and oxygen atoms in total. The van der Waals surface area contributed by atoms with E-state index in [0.29, 0.717) is 12.5 Å². The zero-order valence-corrected chi connectivity index (χ0v) is 7.69. The van der Waals surface area contributed by atoms with Crippen molar-refractivity contribution in [3.05, 3.63) is 0 Å². The van der Waals surface area contributed by atoms with Crippen LogP contribution < -0.4 is 0 Å². The molecule has 1 unspecified atom stereocenters. The van der Waals surface area contributed by atoms with Crippen LogP contribution in [0.1, 0.15) is 13.3 Å². The Morgan fingerprint density at radius 3 is 2.56 bits per heavy atom. The highest BCUT2D eigenvalue weighted by Gasteiger charge is 1.88. The van der Waals surface area contributed by atoms with Crippen LogP contribution in [0.5, 0.6) is 0 Å². The zero-order valence-electron chi connectivity index (χ0n) is 5.52. The molecule has 0 aliphatic heterocycles. The molecule has 9 heavy (non-hydrogen) atoms. The second-order valence-electron chi connectivity index (χ2n) is 1.38. The summed E-state index contributed by atoms with van der Waals surface area (Å²) in [5.74, 6) is 0.308. The molecule has 0 amide bonds. The third kappa shape index (κ3) is 11.7. The van der Waals surface area contributed by atoms with Crippen LogP contribution in [0.2, 0.25) is 0 Å². The first kappa shape index (κ1) is 11.9. The number of ether oxygens (including phenoxy) is 1. The number of carbonyl (C=O) groups excluding carboxylic acids is 1. The first-order chi connectivity index (χ1) is 3.77. The Bertz CT molecular complexity index is 77.4. The molecule has 0 aromatic carbocycles. The van der Waals surface area contributed by atoms with Crippen molar-refractivity contribution in [2.45, 2.75) is 13.3 Å². The zero-order chi connectivity index (χ0) is 6.41. The van der Waals surface area contributed by atoms with Crippen molar-refractivity contribution in [3.8, 4) is 0 Å². The third-order valence-electron chi connectivity index (χ3n) is 0.583. The minimum Gasteiger partial charge on any atom is -0.466 e. The SMILES string of the molecule is CC(=O)OCCCCl.P. The molecule has 0 aliphatic rings. The van der Waals surface area contributed by atoms with Crippen LogP contribution in [0.15, 0.2) is 0 Å². The molecule has 56 valence electrons. The molecule has 0 N–H and O–H groups in total. The first-order valence-corrected chi connectivity index (χ1v) is 3.00. The Morgan fingerprint density at radius 1 is 1.67 bits per heavy atom. The summed E-state index contributed by atoms with van der Waals surface area (Å²) in [6, 6.07) is 0. The molecule has 0 rings (SSSR count). The summed E-state index contributed by atoms with van der Waals surface area (Å²) >= 11 is 5.29. The molecule has 0 saturated heterocycles. The molecule has 0 saturated carbocycles. The molecule has 0 aromatic heterocycles. The lowest BCUT2D eigenvalue weighted by Gasteiger charge is -1.95. The molecule has 0 fully saturated rings. The number of halogens is 1. The van der Waals surface area contributed by atoms with Crippen molar-refractivity contribution in [1.29, 1.82) is 0 Å². The highest BCUT2D eigenvalue weighted by Crippen LogP contribution is 1.85. The molecule has 4 heteroatoms. The van der Waals surface area contributed by atoms with Gasteiger partial charge < -0.3 is 4.74 Å². The third-order valence-corrected chi connectivity index (χ3v) is 0.851. The maximum Gasteiger partial charge on any atom is 0.302 e. The van der Waals surface area contributed by atoms with Gasteiger partial charge in [-0.2, -0.15) is 9.90 Å². The van der Waals surface area contributed by atoms with Gasteiger partial charge in [0.15, 0.2) is 0 Å². The van der Waals surface area contributed by atoms with Gasteiger partial charge in [0.2, 0.25) is 0 Å². The Balaban J connectivity index is 0. The van der Waals surface area contributed by atoms with Gasteiger partial charge in [0.1, 0.15) is 0 Å². The number of esters is 1. The van der Waals surface area contributed by atoms with Gasteiger partial charge in [0, 0.05) is 12.8 Å². The molecular weight excluding hydrogens is 158 g/mol. The van der Waals surface area contributed by atoms with Crippen molar-refractivity contribution < 1.29 is 9.53 Å². The van der Waals surface area contributed by atoms with Gasteiger partial charge in [0.05, 0.1) is 6.61 Å². The smallest absolute Gasteiger partial charge is 0.302 e. The van der Waals surface area contributed by atoms with Gasteiger partial charge in [-0.1, -0.05) is 0 Å². The summed E-state index contributed by atoms with van der Waals surface area (Å²) in [5, 5.41) is 0. The van der Waals surface area contributed by atoms with E-state index in [4.69, 9.17) is 11.6 Å². The predicted octanol–water partition coefficient (Wildman–Crippen LogP) is 1.24. The summed E-state index contributed by atoms with van der Waals surface area (Å²) in [7, 11) is 0. The average molecular weight is 171 g/mol. The van der Waals surface area contributed by atoms with Crippen LogP contribution in [0.3, 0.4) is 0 Å². The van der Waals surface area contributed by atoms with Crippen LogP contribution >= 0.6 is 21.5 Å². The normalized spacial score (nSPS) is 7.78. The standard InChI is InChI=1S/C5H9ClO2.H3P/c1-5(7)8-4-2-3-6;/h2-4H2,1H3;1H3. The van der Waals surface area contributed by atoms with E-state index < -0.39 is 0 Å². The fourth-order valence-electron chi connectivity index (χ4n) is 0.270. The van der Waals surface area contributed by atoms with Gasteiger partial charge in [-0.15, -0.1) is 11.6 Å². The van der Waals surface area contributed by atoms with Gasteiger partial charge in [-0.05, 0) is 6.42 Å². The van der Waals surface area contributed by atoms with Crippen LogP contribution in [-0.2, 0) is 9.53 Å². The molecule has 0 bridgehead atoms. The monoisotopic (exact) mass is 170 g/mol. The highest BCUT2D eigenvalue weighted by molar-refractivity contribution is 6.92. The van der Waals surface area contributed by atoms with E-state index in [-0.39, 0.29) is 15.9 Å². The Hall–Kier alpha value is 0.190. The Labute approximate surface area is 63.5 Å². The fraction of sp³-hybridized carbons (Fsp3) is 0.800. The minimum atomic E-state index is -0.241.